The van der Waals surface area contributed by atoms with Gasteiger partial charge in [0.1, 0.15) is 17.2 Å². The maximum atomic E-state index is 14.9. The number of halogens is 2. The molecule has 0 radical (unpaired) electrons. The average Bonchev–Trinajstić information content (AvgIpc) is 3.41. The number of fused-ring (bicyclic) bond motifs is 1. The standard InChI is InChI=1S/C23H23F2N5O2/c1-28-13-15-3-2-14(12-19(15)27-28)16-10-17(24)20(18(25)11-16)21(31)29-6-8-30(9-7-29)22(32)23(26)4-5-23/h2-3,10-13H,4-9,26H2,1H3. The predicted molar refractivity (Wildman–Crippen MR) is 115 cm³/mol. The summed E-state index contributed by atoms with van der Waals surface area (Å²) in [5.41, 5.74) is 6.27. The van der Waals surface area contributed by atoms with Crippen molar-refractivity contribution < 1.29 is 18.4 Å². The molecule has 2 heterocycles. The number of amides is 2. The molecule has 0 unspecified atom stereocenters. The molecule has 1 aliphatic heterocycles. The summed E-state index contributed by atoms with van der Waals surface area (Å²) in [4.78, 5) is 28.2. The topological polar surface area (TPSA) is 84.5 Å². The zero-order valence-electron chi connectivity index (χ0n) is 17.6. The second-order valence-electron chi connectivity index (χ2n) is 8.63. The van der Waals surface area contributed by atoms with Crippen molar-refractivity contribution >= 4 is 22.7 Å². The van der Waals surface area contributed by atoms with E-state index in [0.717, 1.165) is 5.39 Å². The first kappa shape index (κ1) is 20.6. The second kappa shape index (κ2) is 7.37. The Labute approximate surface area is 183 Å². The third-order valence-corrected chi connectivity index (χ3v) is 6.28. The van der Waals surface area contributed by atoms with Gasteiger partial charge in [-0.1, -0.05) is 12.1 Å². The van der Waals surface area contributed by atoms with E-state index in [9.17, 15) is 18.4 Å². The first-order chi connectivity index (χ1) is 15.2. The molecule has 1 aromatic heterocycles. The molecular weight excluding hydrogens is 416 g/mol. The van der Waals surface area contributed by atoms with E-state index in [2.05, 4.69) is 5.10 Å². The van der Waals surface area contributed by atoms with Crippen LogP contribution >= 0.6 is 0 Å². The van der Waals surface area contributed by atoms with Crippen LogP contribution in [0.5, 0.6) is 0 Å². The van der Waals surface area contributed by atoms with Crippen LogP contribution in [-0.2, 0) is 11.8 Å². The zero-order chi connectivity index (χ0) is 22.6. The van der Waals surface area contributed by atoms with Gasteiger partial charge < -0.3 is 15.5 Å². The number of hydrogen-bond donors (Lipinski definition) is 1. The molecule has 2 aliphatic rings. The quantitative estimate of drug-likeness (QED) is 0.679. The van der Waals surface area contributed by atoms with Gasteiger partial charge >= 0.3 is 0 Å². The Balaban J connectivity index is 1.35. The van der Waals surface area contributed by atoms with E-state index >= 15 is 0 Å². The van der Waals surface area contributed by atoms with Crippen LogP contribution in [0.4, 0.5) is 8.78 Å². The molecule has 5 rings (SSSR count). The number of nitrogens with two attached hydrogens (primary N) is 1. The van der Waals surface area contributed by atoms with Gasteiger partial charge in [-0.3, -0.25) is 14.3 Å². The number of rotatable bonds is 3. The molecule has 2 fully saturated rings. The normalized spacial score (nSPS) is 17.6. The van der Waals surface area contributed by atoms with E-state index in [1.165, 1.54) is 17.0 Å². The van der Waals surface area contributed by atoms with Crippen molar-refractivity contribution in [3.63, 3.8) is 0 Å². The van der Waals surface area contributed by atoms with Gasteiger partial charge in [0.25, 0.3) is 5.91 Å². The Kier molecular flexibility index (Phi) is 4.74. The molecule has 3 aromatic rings. The van der Waals surface area contributed by atoms with Crippen molar-refractivity contribution in [1.82, 2.24) is 19.6 Å². The van der Waals surface area contributed by atoms with Crippen molar-refractivity contribution in [2.45, 2.75) is 18.4 Å². The molecule has 166 valence electrons. The lowest BCUT2D eigenvalue weighted by Gasteiger charge is -2.36. The maximum Gasteiger partial charge on any atom is 0.259 e. The Hall–Kier alpha value is -3.33. The van der Waals surface area contributed by atoms with Crippen LogP contribution in [0.1, 0.15) is 23.2 Å². The van der Waals surface area contributed by atoms with Crippen molar-refractivity contribution in [2.24, 2.45) is 12.8 Å². The molecule has 1 saturated carbocycles. The molecule has 1 saturated heterocycles. The van der Waals surface area contributed by atoms with Crippen LogP contribution in [0.15, 0.2) is 36.5 Å². The van der Waals surface area contributed by atoms with E-state index in [1.54, 1.807) is 28.8 Å². The van der Waals surface area contributed by atoms with Crippen LogP contribution in [-0.4, -0.2) is 63.1 Å². The highest BCUT2D eigenvalue weighted by atomic mass is 19.1. The Bertz CT molecular complexity index is 1220. The molecular formula is C23H23F2N5O2. The van der Waals surface area contributed by atoms with Crippen LogP contribution in [0.3, 0.4) is 0 Å². The maximum absolute atomic E-state index is 14.9. The number of aryl methyl sites for hydroxylation is 1. The summed E-state index contributed by atoms with van der Waals surface area (Å²) in [6.07, 6.45) is 3.19. The summed E-state index contributed by atoms with van der Waals surface area (Å²) in [5, 5.41) is 5.24. The summed E-state index contributed by atoms with van der Waals surface area (Å²) < 4.78 is 31.5. The van der Waals surface area contributed by atoms with Gasteiger partial charge in [-0.25, -0.2) is 8.78 Å². The molecule has 0 spiro atoms. The van der Waals surface area contributed by atoms with Crippen molar-refractivity contribution in [3.05, 3.63) is 53.7 Å². The van der Waals surface area contributed by atoms with Gasteiger partial charge in [-0.15, -0.1) is 0 Å². The van der Waals surface area contributed by atoms with Crippen LogP contribution in [0.2, 0.25) is 0 Å². The fourth-order valence-electron chi connectivity index (χ4n) is 4.20. The van der Waals surface area contributed by atoms with Gasteiger partial charge in [-0.2, -0.15) is 5.10 Å². The number of aromatic nitrogens is 2. The summed E-state index contributed by atoms with van der Waals surface area (Å²) >= 11 is 0. The summed E-state index contributed by atoms with van der Waals surface area (Å²) in [6, 6.07) is 7.70. The van der Waals surface area contributed by atoms with Gasteiger partial charge in [0, 0.05) is 44.8 Å². The zero-order valence-corrected chi connectivity index (χ0v) is 17.6. The highest BCUT2D eigenvalue weighted by Crippen LogP contribution is 2.34. The van der Waals surface area contributed by atoms with E-state index < -0.39 is 28.6 Å². The first-order valence-corrected chi connectivity index (χ1v) is 10.6. The van der Waals surface area contributed by atoms with E-state index in [-0.39, 0.29) is 19.0 Å². The minimum absolute atomic E-state index is 0.115. The summed E-state index contributed by atoms with van der Waals surface area (Å²) in [6.45, 7) is 1.01. The van der Waals surface area contributed by atoms with Gasteiger partial charge in [0.15, 0.2) is 0 Å². The lowest BCUT2D eigenvalue weighted by Crippen LogP contribution is -2.55. The summed E-state index contributed by atoms with van der Waals surface area (Å²) in [7, 11) is 1.80. The number of carbonyl (C=O) groups is 2. The molecule has 32 heavy (non-hydrogen) atoms. The fraction of sp³-hybridized carbons (Fsp3) is 0.348. The number of carbonyl (C=O) groups excluding carboxylic acids is 2. The average molecular weight is 439 g/mol. The molecule has 9 heteroatoms. The van der Waals surface area contributed by atoms with E-state index in [1.807, 2.05) is 12.3 Å². The van der Waals surface area contributed by atoms with Crippen LogP contribution < -0.4 is 5.73 Å². The van der Waals surface area contributed by atoms with E-state index in [0.29, 0.717) is 42.6 Å². The fourth-order valence-corrected chi connectivity index (χ4v) is 4.20. The van der Waals surface area contributed by atoms with Crippen molar-refractivity contribution in [2.75, 3.05) is 26.2 Å². The Morgan fingerprint density at radius 3 is 2.22 bits per heavy atom. The minimum atomic E-state index is -0.913. The molecule has 2 N–H and O–H groups in total. The minimum Gasteiger partial charge on any atom is -0.338 e. The largest absolute Gasteiger partial charge is 0.338 e. The lowest BCUT2D eigenvalue weighted by atomic mass is 10.0. The Morgan fingerprint density at radius 1 is 0.969 bits per heavy atom. The lowest BCUT2D eigenvalue weighted by molar-refractivity contribution is -0.135. The first-order valence-electron chi connectivity index (χ1n) is 10.6. The summed E-state index contributed by atoms with van der Waals surface area (Å²) in [5.74, 6) is -2.66. The molecule has 0 bridgehead atoms. The van der Waals surface area contributed by atoms with E-state index in [4.69, 9.17) is 5.73 Å². The molecule has 1 aliphatic carbocycles. The van der Waals surface area contributed by atoms with Crippen molar-refractivity contribution in [1.29, 1.82) is 0 Å². The van der Waals surface area contributed by atoms with Gasteiger partial charge in [-0.05, 0) is 42.2 Å². The Morgan fingerprint density at radius 2 is 1.59 bits per heavy atom. The van der Waals surface area contributed by atoms with Crippen LogP contribution in [0.25, 0.3) is 22.0 Å². The third-order valence-electron chi connectivity index (χ3n) is 6.28. The smallest absolute Gasteiger partial charge is 0.259 e. The SMILES string of the molecule is Cn1cc2ccc(-c3cc(F)c(C(=O)N4CCN(C(=O)C5(N)CC5)CC4)c(F)c3)cc2n1. The molecule has 2 aromatic carbocycles. The number of piperazine rings is 1. The highest BCUT2D eigenvalue weighted by Gasteiger charge is 2.48. The highest BCUT2D eigenvalue weighted by molar-refractivity contribution is 5.96. The third kappa shape index (κ3) is 3.52. The molecule has 0 atom stereocenters. The molecule has 7 nitrogen and oxygen atoms in total. The predicted octanol–water partition coefficient (Wildman–Crippen LogP) is 2.29. The molecule has 2 amide bonds. The van der Waals surface area contributed by atoms with Crippen molar-refractivity contribution in [3.8, 4) is 11.1 Å². The second-order valence-corrected chi connectivity index (χ2v) is 8.63. The monoisotopic (exact) mass is 439 g/mol. The number of hydrogen-bond acceptors (Lipinski definition) is 4. The van der Waals surface area contributed by atoms with Crippen LogP contribution in [0, 0.1) is 11.6 Å². The van der Waals surface area contributed by atoms with Gasteiger partial charge in [0.2, 0.25) is 5.91 Å². The number of benzene rings is 2. The van der Waals surface area contributed by atoms with Gasteiger partial charge in [0.05, 0.1) is 11.1 Å². The number of nitrogens with zero attached hydrogens (tertiary/aromatic N) is 4.